The lowest BCUT2D eigenvalue weighted by molar-refractivity contribution is 1.04. The number of rotatable bonds is 3. The van der Waals surface area contributed by atoms with Crippen molar-refractivity contribution in [1.29, 1.82) is 0 Å². The van der Waals surface area contributed by atoms with Gasteiger partial charge in [0.15, 0.2) is 0 Å². The average Bonchev–Trinajstić information content (AvgIpc) is 2.41. The molecule has 2 heteroatoms. The number of benzene rings is 2. The van der Waals surface area contributed by atoms with Crippen LogP contribution in [-0.4, -0.2) is 0 Å². The van der Waals surface area contributed by atoms with Crippen molar-refractivity contribution in [2.24, 2.45) is 0 Å². The Morgan fingerprint density at radius 1 is 0.889 bits per heavy atom. The van der Waals surface area contributed by atoms with Crippen molar-refractivity contribution in [2.75, 3.05) is 5.73 Å². The number of nitrogen functional groups attached to an aromatic ring is 1. The molecule has 0 radical (unpaired) electrons. The highest BCUT2D eigenvalue weighted by atomic mass is 35.5. The van der Waals surface area contributed by atoms with E-state index in [2.05, 4.69) is 32.0 Å². The molecule has 0 aliphatic heterocycles. The molecule has 0 atom stereocenters. The van der Waals surface area contributed by atoms with Gasteiger partial charge in [0.2, 0.25) is 0 Å². The predicted octanol–water partition coefficient (Wildman–Crippen LogP) is 4.71. The van der Waals surface area contributed by atoms with Crippen LogP contribution in [0.4, 0.5) is 5.69 Å². The van der Waals surface area contributed by atoms with E-state index in [4.69, 9.17) is 17.3 Å². The van der Waals surface area contributed by atoms with E-state index in [9.17, 15) is 0 Å². The van der Waals surface area contributed by atoms with E-state index in [0.29, 0.717) is 10.7 Å². The summed E-state index contributed by atoms with van der Waals surface area (Å²) in [6.45, 7) is 4.38. The summed E-state index contributed by atoms with van der Waals surface area (Å²) in [6.07, 6.45) is 2.13. The van der Waals surface area contributed by atoms with Crippen LogP contribution in [0.15, 0.2) is 36.4 Å². The first-order valence-electron chi connectivity index (χ1n) is 6.33. The van der Waals surface area contributed by atoms with Gasteiger partial charge in [0, 0.05) is 0 Å². The highest BCUT2D eigenvalue weighted by molar-refractivity contribution is 6.33. The fraction of sp³-hybridized carbons (Fsp3) is 0.250. The normalized spacial score (nSPS) is 10.6. The van der Waals surface area contributed by atoms with E-state index >= 15 is 0 Å². The lowest BCUT2D eigenvalue weighted by Gasteiger charge is -2.10. The Hall–Kier alpha value is -1.47. The molecule has 0 bridgehead atoms. The summed E-state index contributed by atoms with van der Waals surface area (Å²) in [7, 11) is 0. The van der Waals surface area contributed by atoms with Crippen LogP contribution < -0.4 is 5.73 Å². The molecule has 2 N–H and O–H groups in total. The largest absolute Gasteiger partial charge is 0.398 e. The standard InChI is InChI=1S/C16H18ClN/c1-3-11-5-6-13(9-12(11)4-2)14-7-8-15(17)16(18)10-14/h5-10H,3-4,18H2,1-2H3. The molecule has 0 amide bonds. The Labute approximate surface area is 114 Å². The zero-order chi connectivity index (χ0) is 13.1. The Kier molecular flexibility index (Phi) is 3.93. The molecule has 0 unspecified atom stereocenters. The van der Waals surface area contributed by atoms with Crippen LogP contribution in [0.2, 0.25) is 5.02 Å². The lowest BCUT2D eigenvalue weighted by atomic mass is 9.96. The van der Waals surface area contributed by atoms with Crippen molar-refractivity contribution < 1.29 is 0 Å². The topological polar surface area (TPSA) is 26.0 Å². The molecule has 2 aromatic carbocycles. The van der Waals surface area contributed by atoms with Crippen molar-refractivity contribution in [3.63, 3.8) is 0 Å². The summed E-state index contributed by atoms with van der Waals surface area (Å²) < 4.78 is 0. The Morgan fingerprint density at radius 3 is 2.11 bits per heavy atom. The van der Waals surface area contributed by atoms with Crippen molar-refractivity contribution in [3.05, 3.63) is 52.5 Å². The molecule has 0 aliphatic carbocycles. The minimum atomic E-state index is 0.611. The van der Waals surface area contributed by atoms with E-state index in [1.54, 1.807) is 0 Å². The van der Waals surface area contributed by atoms with Crippen LogP contribution in [0.3, 0.4) is 0 Å². The molecular weight excluding hydrogens is 242 g/mol. The first-order chi connectivity index (χ1) is 8.65. The maximum absolute atomic E-state index is 5.95. The molecule has 1 nitrogen and oxygen atoms in total. The average molecular weight is 260 g/mol. The summed E-state index contributed by atoms with van der Waals surface area (Å²) in [4.78, 5) is 0. The van der Waals surface area contributed by atoms with Crippen molar-refractivity contribution in [1.82, 2.24) is 0 Å². The zero-order valence-corrected chi connectivity index (χ0v) is 11.6. The summed E-state index contributed by atoms with van der Waals surface area (Å²) in [5.74, 6) is 0. The molecular formula is C16H18ClN. The SMILES string of the molecule is CCc1ccc(-c2ccc(Cl)c(N)c2)cc1CC. The van der Waals surface area contributed by atoms with Gasteiger partial charge in [0.25, 0.3) is 0 Å². The summed E-state index contributed by atoms with van der Waals surface area (Å²) in [6, 6.07) is 12.4. The van der Waals surface area contributed by atoms with Crippen molar-refractivity contribution in [2.45, 2.75) is 26.7 Å². The van der Waals surface area contributed by atoms with Gasteiger partial charge >= 0.3 is 0 Å². The third-order valence-electron chi connectivity index (χ3n) is 3.30. The van der Waals surface area contributed by atoms with E-state index in [-0.39, 0.29) is 0 Å². The minimum Gasteiger partial charge on any atom is -0.398 e. The van der Waals surface area contributed by atoms with Crippen molar-refractivity contribution in [3.8, 4) is 11.1 Å². The molecule has 0 heterocycles. The quantitative estimate of drug-likeness (QED) is 0.794. The van der Waals surface area contributed by atoms with E-state index in [1.165, 1.54) is 16.7 Å². The number of halogens is 1. The highest BCUT2D eigenvalue weighted by Gasteiger charge is 2.04. The van der Waals surface area contributed by atoms with Gasteiger partial charge < -0.3 is 5.73 Å². The zero-order valence-electron chi connectivity index (χ0n) is 10.8. The number of nitrogens with two attached hydrogens (primary N) is 1. The molecule has 0 aliphatic rings. The Morgan fingerprint density at radius 2 is 1.50 bits per heavy atom. The maximum atomic E-state index is 5.95. The van der Waals surface area contributed by atoms with Gasteiger partial charge in [-0.2, -0.15) is 0 Å². The van der Waals surface area contributed by atoms with Gasteiger partial charge in [-0.05, 0) is 47.2 Å². The fourth-order valence-electron chi connectivity index (χ4n) is 2.20. The van der Waals surface area contributed by atoms with Crippen LogP contribution in [0.1, 0.15) is 25.0 Å². The van der Waals surface area contributed by atoms with Gasteiger partial charge in [-0.15, -0.1) is 0 Å². The van der Waals surface area contributed by atoms with Gasteiger partial charge in [-0.1, -0.05) is 49.7 Å². The summed E-state index contributed by atoms with van der Waals surface area (Å²) in [5.41, 5.74) is 11.6. The molecule has 0 aromatic heterocycles. The number of hydrogen-bond donors (Lipinski definition) is 1. The van der Waals surface area contributed by atoms with E-state index in [1.807, 2.05) is 18.2 Å². The molecule has 2 rings (SSSR count). The molecule has 0 saturated carbocycles. The van der Waals surface area contributed by atoms with Crippen molar-refractivity contribution >= 4 is 17.3 Å². The van der Waals surface area contributed by atoms with Crippen LogP contribution in [0, 0.1) is 0 Å². The molecule has 2 aromatic rings. The van der Waals surface area contributed by atoms with Crippen LogP contribution in [-0.2, 0) is 12.8 Å². The third-order valence-corrected chi connectivity index (χ3v) is 3.64. The van der Waals surface area contributed by atoms with Crippen LogP contribution >= 0.6 is 11.6 Å². The fourth-order valence-corrected chi connectivity index (χ4v) is 2.32. The smallest absolute Gasteiger partial charge is 0.0635 e. The second-order valence-corrected chi connectivity index (χ2v) is 4.83. The third kappa shape index (κ3) is 2.51. The van der Waals surface area contributed by atoms with Crippen LogP contribution in [0.5, 0.6) is 0 Å². The van der Waals surface area contributed by atoms with E-state index in [0.717, 1.165) is 18.4 Å². The van der Waals surface area contributed by atoms with Gasteiger partial charge in [-0.25, -0.2) is 0 Å². The van der Waals surface area contributed by atoms with Gasteiger partial charge in [0.05, 0.1) is 10.7 Å². The van der Waals surface area contributed by atoms with Gasteiger partial charge in [-0.3, -0.25) is 0 Å². The summed E-state index contributed by atoms with van der Waals surface area (Å²) in [5, 5.41) is 0.611. The lowest BCUT2D eigenvalue weighted by Crippen LogP contribution is -1.92. The number of anilines is 1. The second-order valence-electron chi connectivity index (χ2n) is 4.43. The minimum absolute atomic E-state index is 0.611. The molecule has 0 spiro atoms. The molecule has 0 fully saturated rings. The molecule has 18 heavy (non-hydrogen) atoms. The second kappa shape index (κ2) is 5.45. The van der Waals surface area contributed by atoms with Crippen LogP contribution in [0.25, 0.3) is 11.1 Å². The predicted molar refractivity (Wildman–Crippen MR) is 80.1 cm³/mol. The number of aryl methyl sites for hydroxylation is 2. The maximum Gasteiger partial charge on any atom is 0.0635 e. The Balaban J connectivity index is 2.47. The molecule has 0 saturated heterocycles. The Bertz CT molecular complexity index is 561. The molecule has 94 valence electrons. The first-order valence-corrected chi connectivity index (χ1v) is 6.70. The van der Waals surface area contributed by atoms with Gasteiger partial charge in [0.1, 0.15) is 0 Å². The number of hydrogen-bond acceptors (Lipinski definition) is 1. The van der Waals surface area contributed by atoms with E-state index < -0.39 is 0 Å². The summed E-state index contributed by atoms with van der Waals surface area (Å²) >= 11 is 5.95. The monoisotopic (exact) mass is 259 g/mol. The highest BCUT2D eigenvalue weighted by Crippen LogP contribution is 2.28. The first kappa shape index (κ1) is 13.0.